The van der Waals surface area contributed by atoms with E-state index in [1.807, 2.05) is 36.4 Å². The fourth-order valence-electron chi connectivity index (χ4n) is 4.23. The number of nitro benzene ring substituents is 1. The third-order valence-corrected chi connectivity index (χ3v) is 6.01. The molecule has 1 saturated heterocycles. The Kier molecular flexibility index (Phi) is 6.37. The van der Waals surface area contributed by atoms with Crippen molar-refractivity contribution >= 4 is 28.1 Å². The highest BCUT2D eigenvalue weighted by molar-refractivity contribution is 6.07. The molecular weight excluding hydrogens is 408 g/mol. The van der Waals surface area contributed by atoms with Gasteiger partial charge < -0.3 is 14.8 Å². The SMILES string of the molecule is CCCOc1ccc(NC(=O)C2(c3ccc([N+](=O)[O-])cc3)CCOCC2)c2ccccc12. The van der Waals surface area contributed by atoms with E-state index in [0.29, 0.717) is 38.3 Å². The van der Waals surface area contributed by atoms with Crippen LogP contribution in [0.2, 0.25) is 0 Å². The number of nitrogens with zero attached hydrogens (tertiary/aromatic N) is 1. The predicted octanol–water partition coefficient (Wildman–Crippen LogP) is 5.22. The summed E-state index contributed by atoms with van der Waals surface area (Å²) in [6, 6.07) is 17.9. The standard InChI is InChI=1S/C25H26N2O5/c1-2-15-32-23-12-11-22(20-5-3-4-6-21(20)23)26-24(28)25(13-16-31-17-14-25)18-7-9-19(10-8-18)27(29)30/h3-12H,2,13-17H2,1H3,(H,26,28). The van der Waals surface area contributed by atoms with Crippen molar-refractivity contribution in [1.29, 1.82) is 0 Å². The maximum atomic E-state index is 13.7. The van der Waals surface area contributed by atoms with Crippen molar-refractivity contribution in [2.75, 3.05) is 25.1 Å². The van der Waals surface area contributed by atoms with Crippen LogP contribution >= 0.6 is 0 Å². The number of benzene rings is 3. The van der Waals surface area contributed by atoms with Crippen LogP contribution in [0.5, 0.6) is 5.75 Å². The van der Waals surface area contributed by atoms with Crippen molar-refractivity contribution < 1.29 is 19.2 Å². The van der Waals surface area contributed by atoms with E-state index in [-0.39, 0.29) is 11.6 Å². The van der Waals surface area contributed by atoms with Crippen LogP contribution in [0.4, 0.5) is 11.4 Å². The monoisotopic (exact) mass is 434 g/mol. The average Bonchev–Trinajstić information content (AvgIpc) is 2.84. The molecule has 7 nitrogen and oxygen atoms in total. The number of carbonyl (C=O) groups is 1. The number of amides is 1. The number of anilines is 1. The summed E-state index contributed by atoms with van der Waals surface area (Å²) in [6.07, 6.45) is 1.92. The molecule has 0 bridgehead atoms. The molecule has 3 aromatic rings. The van der Waals surface area contributed by atoms with Crippen LogP contribution in [0, 0.1) is 10.1 Å². The Labute approximate surface area is 186 Å². The molecule has 0 unspecified atom stereocenters. The van der Waals surface area contributed by atoms with Crippen LogP contribution in [0.3, 0.4) is 0 Å². The van der Waals surface area contributed by atoms with Crippen molar-refractivity contribution in [2.45, 2.75) is 31.6 Å². The van der Waals surface area contributed by atoms with E-state index in [2.05, 4.69) is 12.2 Å². The predicted molar refractivity (Wildman–Crippen MR) is 123 cm³/mol. The molecular formula is C25H26N2O5. The first kappa shape index (κ1) is 21.8. The lowest BCUT2D eigenvalue weighted by Crippen LogP contribution is -2.44. The molecule has 1 aliphatic rings. The average molecular weight is 434 g/mol. The van der Waals surface area contributed by atoms with Crippen LogP contribution in [-0.4, -0.2) is 30.7 Å². The molecule has 1 N–H and O–H groups in total. The topological polar surface area (TPSA) is 90.7 Å². The second-order valence-electron chi connectivity index (χ2n) is 7.96. The molecule has 166 valence electrons. The highest BCUT2D eigenvalue weighted by Crippen LogP contribution is 2.38. The third-order valence-electron chi connectivity index (χ3n) is 6.01. The van der Waals surface area contributed by atoms with Gasteiger partial charge in [0.2, 0.25) is 5.91 Å². The lowest BCUT2D eigenvalue weighted by atomic mass is 9.73. The molecule has 0 spiro atoms. The third kappa shape index (κ3) is 4.16. The van der Waals surface area contributed by atoms with Crippen LogP contribution in [0.15, 0.2) is 60.7 Å². The molecule has 0 aromatic heterocycles. The van der Waals surface area contributed by atoms with Crippen molar-refractivity contribution in [3.63, 3.8) is 0 Å². The summed E-state index contributed by atoms with van der Waals surface area (Å²) in [6.45, 7) is 3.59. The van der Waals surface area contributed by atoms with E-state index in [9.17, 15) is 14.9 Å². The summed E-state index contributed by atoms with van der Waals surface area (Å²) in [4.78, 5) is 24.3. The number of hydrogen-bond acceptors (Lipinski definition) is 5. The minimum atomic E-state index is -0.814. The van der Waals surface area contributed by atoms with Gasteiger partial charge in [-0.2, -0.15) is 0 Å². The fourth-order valence-corrected chi connectivity index (χ4v) is 4.23. The van der Waals surface area contributed by atoms with E-state index in [0.717, 1.165) is 28.5 Å². The molecule has 3 aromatic carbocycles. The number of hydrogen-bond donors (Lipinski definition) is 1. The Morgan fingerprint density at radius 2 is 1.75 bits per heavy atom. The van der Waals surface area contributed by atoms with E-state index >= 15 is 0 Å². The molecule has 0 radical (unpaired) electrons. The van der Waals surface area contributed by atoms with Gasteiger partial charge in [-0.1, -0.05) is 43.3 Å². The van der Waals surface area contributed by atoms with Crippen molar-refractivity contribution in [3.05, 3.63) is 76.3 Å². The maximum Gasteiger partial charge on any atom is 0.269 e. The molecule has 1 aliphatic heterocycles. The van der Waals surface area contributed by atoms with Gasteiger partial charge in [0.05, 0.1) is 16.9 Å². The number of non-ortho nitro benzene ring substituents is 1. The first-order valence-corrected chi connectivity index (χ1v) is 10.8. The zero-order chi connectivity index (χ0) is 22.6. The molecule has 4 rings (SSSR count). The summed E-state index contributed by atoms with van der Waals surface area (Å²) in [7, 11) is 0. The van der Waals surface area contributed by atoms with Crippen LogP contribution < -0.4 is 10.1 Å². The van der Waals surface area contributed by atoms with Crippen LogP contribution in [0.25, 0.3) is 10.8 Å². The van der Waals surface area contributed by atoms with Gasteiger partial charge in [-0.05, 0) is 37.0 Å². The zero-order valence-corrected chi connectivity index (χ0v) is 18.0. The molecule has 0 atom stereocenters. The van der Waals surface area contributed by atoms with E-state index < -0.39 is 10.3 Å². The van der Waals surface area contributed by atoms with Crippen LogP contribution in [-0.2, 0) is 14.9 Å². The molecule has 1 heterocycles. The molecule has 1 amide bonds. The van der Waals surface area contributed by atoms with Crippen LogP contribution in [0.1, 0.15) is 31.7 Å². The largest absolute Gasteiger partial charge is 0.493 e. The van der Waals surface area contributed by atoms with Gasteiger partial charge in [0.25, 0.3) is 5.69 Å². The lowest BCUT2D eigenvalue weighted by molar-refractivity contribution is -0.384. The normalized spacial score (nSPS) is 15.3. The smallest absolute Gasteiger partial charge is 0.269 e. The van der Waals surface area contributed by atoms with Gasteiger partial charge in [0, 0.05) is 41.8 Å². The first-order valence-electron chi connectivity index (χ1n) is 10.8. The van der Waals surface area contributed by atoms with Crippen molar-refractivity contribution in [3.8, 4) is 5.75 Å². The van der Waals surface area contributed by atoms with E-state index in [1.165, 1.54) is 12.1 Å². The Morgan fingerprint density at radius 1 is 1.06 bits per heavy atom. The minimum Gasteiger partial charge on any atom is -0.493 e. The number of ether oxygens (including phenoxy) is 2. The number of nitrogens with one attached hydrogen (secondary N) is 1. The van der Waals surface area contributed by atoms with Gasteiger partial charge in [-0.3, -0.25) is 14.9 Å². The Bertz CT molecular complexity index is 1120. The maximum absolute atomic E-state index is 13.7. The summed E-state index contributed by atoms with van der Waals surface area (Å²) < 4.78 is 11.4. The number of fused-ring (bicyclic) bond motifs is 1. The van der Waals surface area contributed by atoms with Gasteiger partial charge in [0.1, 0.15) is 5.75 Å². The molecule has 7 heteroatoms. The quantitative estimate of drug-likeness (QED) is 0.406. The molecule has 0 saturated carbocycles. The Morgan fingerprint density at radius 3 is 2.41 bits per heavy atom. The minimum absolute atomic E-state index is 0.00466. The first-order chi connectivity index (χ1) is 15.5. The zero-order valence-electron chi connectivity index (χ0n) is 18.0. The Balaban J connectivity index is 1.69. The van der Waals surface area contributed by atoms with Gasteiger partial charge >= 0.3 is 0 Å². The molecule has 0 aliphatic carbocycles. The fraction of sp³-hybridized carbons (Fsp3) is 0.320. The van der Waals surface area contributed by atoms with Gasteiger partial charge in [-0.15, -0.1) is 0 Å². The van der Waals surface area contributed by atoms with Gasteiger partial charge in [-0.25, -0.2) is 0 Å². The molecule has 1 fully saturated rings. The second kappa shape index (κ2) is 9.36. The Hall–Kier alpha value is -3.45. The summed E-state index contributed by atoms with van der Waals surface area (Å²) >= 11 is 0. The number of rotatable bonds is 7. The number of carbonyl (C=O) groups excluding carboxylic acids is 1. The summed E-state index contributed by atoms with van der Waals surface area (Å²) in [5.41, 5.74) is 0.662. The van der Waals surface area contributed by atoms with Crippen molar-refractivity contribution in [2.24, 2.45) is 0 Å². The van der Waals surface area contributed by atoms with E-state index in [4.69, 9.17) is 9.47 Å². The van der Waals surface area contributed by atoms with Gasteiger partial charge in [0.15, 0.2) is 0 Å². The van der Waals surface area contributed by atoms with E-state index in [1.54, 1.807) is 12.1 Å². The highest BCUT2D eigenvalue weighted by atomic mass is 16.6. The highest BCUT2D eigenvalue weighted by Gasteiger charge is 2.42. The molecule has 32 heavy (non-hydrogen) atoms. The summed E-state index contributed by atoms with van der Waals surface area (Å²) in [5, 5.41) is 16.0. The lowest BCUT2D eigenvalue weighted by Gasteiger charge is -2.36. The number of nitro groups is 1. The second-order valence-corrected chi connectivity index (χ2v) is 7.96. The van der Waals surface area contributed by atoms with Crippen molar-refractivity contribution in [1.82, 2.24) is 0 Å². The summed E-state index contributed by atoms with van der Waals surface area (Å²) in [5.74, 6) is 0.652.